The van der Waals surface area contributed by atoms with E-state index in [0.717, 1.165) is 23.5 Å². The summed E-state index contributed by atoms with van der Waals surface area (Å²) in [5.74, 6) is 0.588. The lowest BCUT2D eigenvalue weighted by Gasteiger charge is -2.05. The molecule has 0 N–H and O–H groups in total. The largest absolute Gasteiger partial charge is 0.235 e. The zero-order valence-electron chi connectivity index (χ0n) is 10.9. The molecular weight excluding hydrogens is 210 g/mol. The molecule has 2 aromatic rings. The number of imidazole rings is 1. The number of nitrogens with zero attached hydrogens (tertiary/aromatic N) is 3. The number of aryl methyl sites for hydroxylation is 1. The molecule has 0 radical (unpaired) electrons. The molecular formula is C14H19N3. The summed E-state index contributed by atoms with van der Waals surface area (Å²) < 4.78 is 1.92. The van der Waals surface area contributed by atoms with Crippen LogP contribution in [0.2, 0.25) is 0 Å². The van der Waals surface area contributed by atoms with Crippen LogP contribution >= 0.6 is 0 Å². The van der Waals surface area contributed by atoms with E-state index >= 15 is 0 Å². The molecule has 2 rings (SSSR count). The average Bonchev–Trinajstić information content (AvgIpc) is 2.71. The molecule has 0 aliphatic rings. The second kappa shape index (κ2) is 4.70. The first-order valence-corrected chi connectivity index (χ1v) is 6.12. The van der Waals surface area contributed by atoms with E-state index in [9.17, 15) is 0 Å². The van der Waals surface area contributed by atoms with Gasteiger partial charge in [0.15, 0.2) is 5.65 Å². The standard InChI is InChI=1S/C14H19N3/c1-5-10(2)8-11(3)13-9-15-14-7-6-12(4)16-17(13)14/h6-10H,5H2,1-4H3/b11-8+. The molecule has 0 fully saturated rings. The van der Waals surface area contributed by atoms with Crippen molar-refractivity contribution in [3.63, 3.8) is 0 Å². The lowest BCUT2D eigenvalue weighted by Crippen LogP contribution is -1.98. The van der Waals surface area contributed by atoms with Gasteiger partial charge < -0.3 is 0 Å². The van der Waals surface area contributed by atoms with E-state index in [1.165, 1.54) is 5.57 Å². The van der Waals surface area contributed by atoms with Gasteiger partial charge in [0.25, 0.3) is 0 Å². The van der Waals surface area contributed by atoms with Crippen molar-refractivity contribution < 1.29 is 0 Å². The van der Waals surface area contributed by atoms with Crippen molar-refractivity contribution in [2.24, 2.45) is 5.92 Å². The van der Waals surface area contributed by atoms with Crippen LogP contribution in [0.5, 0.6) is 0 Å². The second-order valence-electron chi connectivity index (χ2n) is 4.62. The second-order valence-corrected chi connectivity index (χ2v) is 4.62. The molecule has 0 spiro atoms. The van der Waals surface area contributed by atoms with Crippen LogP contribution < -0.4 is 0 Å². The smallest absolute Gasteiger partial charge is 0.154 e. The number of fused-ring (bicyclic) bond motifs is 1. The number of rotatable bonds is 3. The van der Waals surface area contributed by atoms with Crippen LogP contribution in [0.4, 0.5) is 0 Å². The lowest BCUT2D eigenvalue weighted by molar-refractivity contribution is 0.698. The number of hydrogen-bond acceptors (Lipinski definition) is 2. The van der Waals surface area contributed by atoms with Crippen LogP contribution in [-0.2, 0) is 0 Å². The number of aromatic nitrogens is 3. The van der Waals surface area contributed by atoms with Crippen LogP contribution in [0, 0.1) is 12.8 Å². The molecule has 0 aliphatic heterocycles. The van der Waals surface area contributed by atoms with Gasteiger partial charge in [-0.3, -0.25) is 0 Å². The van der Waals surface area contributed by atoms with Crippen LogP contribution in [0.3, 0.4) is 0 Å². The zero-order chi connectivity index (χ0) is 12.4. The highest BCUT2D eigenvalue weighted by Crippen LogP contribution is 2.18. The minimum Gasteiger partial charge on any atom is -0.235 e. The molecule has 2 aromatic heterocycles. The molecule has 0 aromatic carbocycles. The minimum absolute atomic E-state index is 0.588. The van der Waals surface area contributed by atoms with Gasteiger partial charge in [0.2, 0.25) is 0 Å². The van der Waals surface area contributed by atoms with Gasteiger partial charge in [0, 0.05) is 0 Å². The van der Waals surface area contributed by atoms with Crippen molar-refractivity contribution >= 4 is 11.2 Å². The topological polar surface area (TPSA) is 30.2 Å². The summed E-state index contributed by atoms with van der Waals surface area (Å²) in [7, 11) is 0. The van der Waals surface area contributed by atoms with Gasteiger partial charge in [0.1, 0.15) is 0 Å². The van der Waals surface area contributed by atoms with E-state index in [1.807, 2.05) is 29.8 Å². The Morgan fingerprint density at radius 1 is 1.47 bits per heavy atom. The Bertz CT molecular complexity index is 552. The molecule has 0 saturated heterocycles. The monoisotopic (exact) mass is 229 g/mol. The normalized spacial score (nSPS) is 14.2. The third-order valence-electron chi connectivity index (χ3n) is 3.08. The third kappa shape index (κ3) is 2.38. The highest BCUT2D eigenvalue weighted by molar-refractivity contribution is 5.63. The first kappa shape index (κ1) is 11.8. The maximum Gasteiger partial charge on any atom is 0.154 e. The molecule has 0 aliphatic carbocycles. The van der Waals surface area contributed by atoms with Gasteiger partial charge in [-0.1, -0.05) is 26.3 Å². The maximum absolute atomic E-state index is 4.50. The number of allylic oxidation sites excluding steroid dienone is 2. The van der Waals surface area contributed by atoms with Crippen molar-refractivity contribution in [3.05, 3.63) is 35.8 Å². The summed E-state index contributed by atoms with van der Waals surface area (Å²) in [5.41, 5.74) is 4.24. The molecule has 1 unspecified atom stereocenters. The van der Waals surface area contributed by atoms with Crippen LogP contribution in [0.1, 0.15) is 38.6 Å². The first-order chi connectivity index (χ1) is 8.11. The van der Waals surface area contributed by atoms with Crippen LogP contribution in [-0.4, -0.2) is 14.6 Å². The van der Waals surface area contributed by atoms with E-state index in [1.54, 1.807) is 0 Å². The van der Waals surface area contributed by atoms with E-state index < -0.39 is 0 Å². The van der Waals surface area contributed by atoms with Gasteiger partial charge in [-0.2, -0.15) is 5.10 Å². The fraction of sp³-hybridized carbons (Fsp3) is 0.429. The summed E-state index contributed by atoms with van der Waals surface area (Å²) in [6.07, 6.45) is 5.34. The fourth-order valence-corrected chi connectivity index (χ4v) is 1.86. The van der Waals surface area contributed by atoms with Crippen molar-refractivity contribution in [2.75, 3.05) is 0 Å². The Hall–Kier alpha value is -1.64. The van der Waals surface area contributed by atoms with Crippen LogP contribution in [0.25, 0.3) is 11.2 Å². The molecule has 3 nitrogen and oxygen atoms in total. The van der Waals surface area contributed by atoms with E-state index in [0.29, 0.717) is 5.92 Å². The third-order valence-corrected chi connectivity index (χ3v) is 3.08. The first-order valence-electron chi connectivity index (χ1n) is 6.12. The predicted octanol–water partition coefficient (Wildman–Crippen LogP) is 3.49. The molecule has 2 heterocycles. The summed E-state index contributed by atoms with van der Waals surface area (Å²) in [6, 6.07) is 3.99. The van der Waals surface area contributed by atoms with E-state index in [-0.39, 0.29) is 0 Å². The van der Waals surface area contributed by atoms with Gasteiger partial charge >= 0.3 is 0 Å². The molecule has 0 saturated carbocycles. The quantitative estimate of drug-likeness (QED) is 0.806. The zero-order valence-corrected chi connectivity index (χ0v) is 10.9. The Balaban J connectivity index is 2.48. The summed E-state index contributed by atoms with van der Waals surface area (Å²) in [5, 5.41) is 4.50. The molecule has 0 bridgehead atoms. The molecule has 90 valence electrons. The van der Waals surface area contributed by atoms with E-state index in [4.69, 9.17) is 0 Å². The summed E-state index contributed by atoms with van der Waals surface area (Å²) >= 11 is 0. The summed E-state index contributed by atoms with van der Waals surface area (Å²) in [4.78, 5) is 4.37. The minimum atomic E-state index is 0.588. The Kier molecular flexibility index (Phi) is 3.27. The van der Waals surface area contributed by atoms with Gasteiger partial charge in [0.05, 0.1) is 17.6 Å². The molecule has 1 atom stereocenters. The van der Waals surface area contributed by atoms with Crippen molar-refractivity contribution in [3.8, 4) is 0 Å². The van der Waals surface area contributed by atoms with Gasteiger partial charge in [-0.15, -0.1) is 0 Å². The van der Waals surface area contributed by atoms with Crippen LogP contribution in [0.15, 0.2) is 24.4 Å². The molecule has 0 amide bonds. The van der Waals surface area contributed by atoms with Crippen molar-refractivity contribution in [2.45, 2.75) is 34.1 Å². The predicted molar refractivity (Wildman–Crippen MR) is 70.8 cm³/mol. The Morgan fingerprint density at radius 2 is 2.24 bits per heavy atom. The highest BCUT2D eigenvalue weighted by atomic mass is 15.3. The van der Waals surface area contributed by atoms with Crippen molar-refractivity contribution in [1.82, 2.24) is 14.6 Å². The van der Waals surface area contributed by atoms with E-state index in [2.05, 4.69) is 36.9 Å². The lowest BCUT2D eigenvalue weighted by atomic mass is 10.0. The average molecular weight is 229 g/mol. The SMILES string of the molecule is CCC(C)/C=C(\C)c1cnc2ccc(C)nn12. The van der Waals surface area contributed by atoms with Crippen molar-refractivity contribution in [1.29, 1.82) is 0 Å². The Morgan fingerprint density at radius 3 is 2.94 bits per heavy atom. The molecule has 3 heteroatoms. The highest BCUT2D eigenvalue weighted by Gasteiger charge is 2.07. The fourth-order valence-electron chi connectivity index (χ4n) is 1.86. The maximum atomic E-state index is 4.50. The number of hydrogen-bond donors (Lipinski definition) is 0. The van der Waals surface area contributed by atoms with Gasteiger partial charge in [-0.25, -0.2) is 9.50 Å². The Labute approximate surface area is 102 Å². The molecule has 17 heavy (non-hydrogen) atoms. The van der Waals surface area contributed by atoms with Gasteiger partial charge in [-0.05, 0) is 37.5 Å². The summed E-state index contributed by atoms with van der Waals surface area (Å²) in [6.45, 7) is 8.55.